The summed E-state index contributed by atoms with van der Waals surface area (Å²) in [4.78, 5) is 45.2. The number of aryl methyl sites for hydroxylation is 2. The van der Waals surface area contributed by atoms with Crippen molar-refractivity contribution in [3.63, 3.8) is 0 Å². The number of rotatable bonds is 3. The Hall–Kier alpha value is -4.13. The van der Waals surface area contributed by atoms with Gasteiger partial charge in [-0.2, -0.15) is 0 Å². The number of para-hydroxylation sites is 1. The summed E-state index contributed by atoms with van der Waals surface area (Å²) in [6.45, 7) is 6.12. The zero-order valence-electron chi connectivity index (χ0n) is 19.0. The van der Waals surface area contributed by atoms with E-state index in [0.717, 1.165) is 11.1 Å². The SMILES string of the molecule is CCN1C(=O)C2(c3ccccc31)c1c(oc3cc(C)c(C)cc3c1=O)C(=O)N2Cc1ccco1. The predicted octanol–water partition coefficient (Wildman–Crippen LogP) is 4.27. The fourth-order valence-corrected chi connectivity index (χ4v) is 5.34. The van der Waals surface area contributed by atoms with Gasteiger partial charge in [0.15, 0.2) is 11.0 Å². The number of furan rings is 1. The molecule has 1 unspecified atom stereocenters. The molecule has 0 radical (unpaired) electrons. The van der Waals surface area contributed by atoms with E-state index in [9.17, 15) is 14.4 Å². The Labute approximate surface area is 195 Å². The minimum Gasteiger partial charge on any atom is -0.467 e. The standard InChI is InChI=1S/C27H22N2O5/c1-4-28-20-10-6-5-9-19(20)27(26(28)32)22-23(30)18-12-15(2)16(3)13-21(18)34-24(22)25(31)29(27)14-17-8-7-11-33-17/h5-13H,4,14H2,1-3H3. The normalized spacial score (nSPS) is 18.9. The van der Waals surface area contributed by atoms with E-state index in [1.54, 1.807) is 29.2 Å². The lowest BCUT2D eigenvalue weighted by Crippen LogP contribution is -2.53. The Balaban J connectivity index is 1.74. The highest BCUT2D eigenvalue weighted by molar-refractivity contribution is 6.17. The van der Waals surface area contributed by atoms with Crippen LogP contribution in [0.2, 0.25) is 0 Å². The summed E-state index contributed by atoms with van der Waals surface area (Å²) in [5.41, 5.74) is 1.57. The predicted molar refractivity (Wildman–Crippen MR) is 126 cm³/mol. The zero-order chi connectivity index (χ0) is 23.8. The number of carbonyl (C=O) groups excluding carboxylic acids is 2. The van der Waals surface area contributed by atoms with Crippen LogP contribution in [0.25, 0.3) is 11.0 Å². The topological polar surface area (TPSA) is 84.0 Å². The molecule has 6 rings (SSSR count). The van der Waals surface area contributed by atoms with Crippen LogP contribution in [0.3, 0.4) is 0 Å². The molecular weight excluding hydrogens is 432 g/mol. The third kappa shape index (κ3) is 2.38. The van der Waals surface area contributed by atoms with Crippen molar-refractivity contribution in [3.8, 4) is 0 Å². The van der Waals surface area contributed by atoms with E-state index in [-0.39, 0.29) is 29.2 Å². The third-order valence-corrected chi connectivity index (χ3v) is 7.06. The van der Waals surface area contributed by atoms with Gasteiger partial charge in [-0.15, -0.1) is 0 Å². The molecule has 2 aromatic heterocycles. The molecule has 0 saturated carbocycles. The second-order valence-electron chi connectivity index (χ2n) is 8.82. The van der Waals surface area contributed by atoms with E-state index in [0.29, 0.717) is 34.5 Å². The summed E-state index contributed by atoms with van der Waals surface area (Å²) in [6, 6.07) is 14.3. The molecule has 0 bridgehead atoms. The van der Waals surface area contributed by atoms with Gasteiger partial charge in [0.05, 0.1) is 29.4 Å². The Morgan fingerprint density at radius 3 is 2.47 bits per heavy atom. The second kappa shape index (κ2) is 6.93. The van der Waals surface area contributed by atoms with Crippen LogP contribution >= 0.6 is 0 Å². The fraction of sp³-hybridized carbons (Fsp3) is 0.222. The van der Waals surface area contributed by atoms with E-state index in [1.165, 1.54) is 11.2 Å². The first kappa shape index (κ1) is 20.5. The van der Waals surface area contributed by atoms with Gasteiger partial charge in [0.2, 0.25) is 5.76 Å². The molecule has 7 heteroatoms. The maximum atomic E-state index is 14.2. The Morgan fingerprint density at radius 2 is 1.74 bits per heavy atom. The first-order valence-corrected chi connectivity index (χ1v) is 11.2. The Bertz CT molecular complexity index is 1570. The monoisotopic (exact) mass is 454 g/mol. The molecule has 4 aromatic rings. The average Bonchev–Trinajstić information content (AvgIpc) is 3.49. The largest absolute Gasteiger partial charge is 0.467 e. The molecule has 0 N–H and O–H groups in total. The van der Waals surface area contributed by atoms with Crippen molar-refractivity contribution in [1.82, 2.24) is 4.90 Å². The smallest absolute Gasteiger partial charge is 0.291 e. The number of hydrogen-bond donors (Lipinski definition) is 0. The Morgan fingerprint density at radius 1 is 0.971 bits per heavy atom. The van der Waals surface area contributed by atoms with E-state index in [1.807, 2.05) is 45.0 Å². The number of amides is 2. The number of hydrogen-bond acceptors (Lipinski definition) is 5. The number of anilines is 1. The van der Waals surface area contributed by atoms with Crippen LogP contribution in [-0.4, -0.2) is 23.3 Å². The molecule has 2 aliphatic rings. The summed E-state index contributed by atoms with van der Waals surface area (Å²) in [5.74, 6) is -0.437. The van der Waals surface area contributed by atoms with Gasteiger partial charge in [-0.3, -0.25) is 14.4 Å². The number of carbonyl (C=O) groups is 2. The van der Waals surface area contributed by atoms with Gasteiger partial charge in [-0.05, 0) is 62.2 Å². The van der Waals surface area contributed by atoms with Crippen LogP contribution in [0, 0.1) is 13.8 Å². The van der Waals surface area contributed by atoms with Crippen molar-refractivity contribution in [1.29, 1.82) is 0 Å². The van der Waals surface area contributed by atoms with Gasteiger partial charge < -0.3 is 18.6 Å². The molecule has 2 aromatic carbocycles. The summed E-state index contributed by atoms with van der Waals surface area (Å²) in [6.07, 6.45) is 1.52. The van der Waals surface area contributed by atoms with E-state index in [4.69, 9.17) is 8.83 Å². The maximum Gasteiger partial charge on any atom is 0.291 e. The minimum atomic E-state index is -1.63. The highest BCUT2D eigenvalue weighted by atomic mass is 16.4. The van der Waals surface area contributed by atoms with E-state index < -0.39 is 11.4 Å². The molecule has 4 heterocycles. The van der Waals surface area contributed by atoms with E-state index in [2.05, 4.69) is 0 Å². The molecule has 0 saturated heterocycles. The van der Waals surface area contributed by atoms with Crippen LogP contribution < -0.4 is 10.3 Å². The molecule has 1 atom stereocenters. The van der Waals surface area contributed by atoms with Crippen molar-refractivity contribution in [3.05, 3.63) is 98.8 Å². The Kier molecular flexibility index (Phi) is 4.18. The molecular formula is C27H22N2O5. The first-order chi connectivity index (χ1) is 16.4. The number of benzene rings is 2. The lowest BCUT2D eigenvalue weighted by Gasteiger charge is -2.33. The highest BCUT2D eigenvalue weighted by Crippen LogP contribution is 2.53. The lowest BCUT2D eigenvalue weighted by molar-refractivity contribution is -0.126. The summed E-state index contributed by atoms with van der Waals surface area (Å²) < 4.78 is 11.6. The number of nitrogens with zero attached hydrogens (tertiary/aromatic N) is 2. The quantitative estimate of drug-likeness (QED) is 0.462. The summed E-state index contributed by atoms with van der Waals surface area (Å²) in [7, 11) is 0. The van der Waals surface area contributed by atoms with Crippen LogP contribution in [0.1, 0.15) is 45.5 Å². The zero-order valence-corrected chi connectivity index (χ0v) is 19.0. The van der Waals surface area contributed by atoms with Crippen molar-refractivity contribution in [2.24, 2.45) is 0 Å². The molecule has 170 valence electrons. The van der Waals surface area contributed by atoms with Gasteiger partial charge in [-0.25, -0.2) is 0 Å². The average molecular weight is 454 g/mol. The van der Waals surface area contributed by atoms with E-state index >= 15 is 0 Å². The fourth-order valence-electron chi connectivity index (χ4n) is 5.34. The molecule has 7 nitrogen and oxygen atoms in total. The molecule has 2 amide bonds. The van der Waals surface area contributed by atoms with Crippen LogP contribution in [-0.2, 0) is 16.9 Å². The van der Waals surface area contributed by atoms with Crippen molar-refractivity contribution >= 4 is 28.5 Å². The maximum absolute atomic E-state index is 14.2. The molecule has 0 aliphatic carbocycles. The van der Waals surface area contributed by atoms with Crippen LogP contribution in [0.5, 0.6) is 0 Å². The number of likely N-dealkylation sites (N-methyl/N-ethyl adjacent to an activating group) is 1. The highest BCUT2D eigenvalue weighted by Gasteiger charge is 2.64. The molecule has 0 fully saturated rings. The first-order valence-electron chi connectivity index (χ1n) is 11.2. The summed E-state index contributed by atoms with van der Waals surface area (Å²) in [5, 5.41) is 0.356. The number of fused-ring (bicyclic) bond motifs is 5. The minimum absolute atomic E-state index is 0.0154. The summed E-state index contributed by atoms with van der Waals surface area (Å²) >= 11 is 0. The van der Waals surface area contributed by atoms with Gasteiger partial charge in [0, 0.05) is 12.1 Å². The molecule has 2 aliphatic heterocycles. The van der Waals surface area contributed by atoms with Crippen LogP contribution in [0.15, 0.2) is 68.4 Å². The van der Waals surface area contributed by atoms with Gasteiger partial charge in [0.1, 0.15) is 11.3 Å². The molecule has 34 heavy (non-hydrogen) atoms. The lowest BCUT2D eigenvalue weighted by atomic mass is 9.83. The second-order valence-corrected chi connectivity index (χ2v) is 8.82. The molecule has 1 spiro atoms. The van der Waals surface area contributed by atoms with Gasteiger partial charge in [0.25, 0.3) is 11.8 Å². The van der Waals surface area contributed by atoms with Gasteiger partial charge in [-0.1, -0.05) is 18.2 Å². The van der Waals surface area contributed by atoms with Crippen LogP contribution in [0.4, 0.5) is 5.69 Å². The van der Waals surface area contributed by atoms with Gasteiger partial charge >= 0.3 is 0 Å². The van der Waals surface area contributed by atoms with Crippen molar-refractivity contribution in [2.75, 3.05) is 11.4 Å². The third-order valence-electron chi connectivity index (χ3n) is 7.06. The van der Waals surface area contributed by atoms with Crippen molar-refractivity contribution < 1.29 is 18.4 Å². The van der Waals surface area contributed by atoms with Crippen molar-refractivity contribution in [2.45, 2.75) is 32.9 Å².